The van der Waals surface area contributed by atoms with Crippen LogP contribution in [0, 0.1) is 0 Å². The second-order valence-corrected chi connectivity index (χ2v) is 15.0. The molecular formula is C56H37N3. The van der Waals surface area contributed by atoms with Crippen LogP contribution in [0.1, 0.15) is 0 Å². The fourth-order valence-electron chi connectivity index (χ4n) is 8.47. The quantitative estimate of drug-likeness (QED) is 0.152. The second kappa shape index (κ2) is 14.6. The van der Waals surface area contributed by atoms with E-state index in [2.05, 4.69) is 217 Å². The van der Waals surface area contributed by atoms with Crippen LogP contribution in [0.3, 0.4) is 0 Å². The number of rotatable bonds is 7. The Balaban J connectivity index is 1.08. The van der Waals surface area contributed by atoms with E-state index in [1.807, 2.05) is 12.1 Å². The molecule has 59 heavy (non-hydrogen) atoms. The smallest absolute Gasteiger partial charge is 0.145 e. The van der Waals surface area contributed by atoms with Gasteiger partial charge in [0.25, 0.3) is 0 Å². The van der Waals surface area contributed by atoms with Gasteiger partial charge < -0.3 is 0 Å². The maximum Gasteiger partial charge on any atom is 0.145 e. The van der Waals surface area contributed by atoms with E-state index in [1.165, 1.54) is 38.8 Å². The van der Waals surface area contributed by atoms with Gasteiger partial charge in [0.2, 0.25) is 0 Å². The number of imidazole rings is 1. The highest BCUT2D eigenvalue weighted by atomic mass is 15.1. The van der Waals surface area contributed by atoms with E-state index in [9.17, 15) is 0 Å². The molecule has 0 saturated heterocycles. The molecule has 0 amide bonds. The van der Waals surface area contributed by atoms with Crippen molar-refractivity contribution in [3.05, 3.63) is 224 Å². The minimum absolute atomic E-state index is 0.918. The van der Waals surface area contributed by atoms with Crippen LogP contribution in [0.15, 0.2) is 224 Å². The van der Waals surface area contributed by atoms with Gasteiger partial charge in [0.15, 0.2) is 0 Å². The van der Waals surface area contributed by atoms with E-state index < -0.39 is 0 Å². The molecule has 11 aromatic rings. The van der Waals surface area contributed by atoms with Crippen molar-refractivity contribution in [2.75, 3.05) is 0 Å². The maximum atomic E-state index is 5.50. The third-order valence-electron chi connectivity index (χ3n) is 11.4. The van der Waals surface area contributed by atoms with Crippen LogP contribution in [-0.2, 0) is 0 Å². The number of aromatic nitrogens is 3. The van der Waals surface area contributed by atoms with Gasteiger partial charge in [-0.25, -0.2) is 9.97 Å². The Hall–Kier alpha value is -7.88. The molecular weight excluding hydrogens is 715 g/mol. The molecule has 0 bridgehead atoms. The zero-order valence-electron chi connectivity index (χ0n) is 32.2. The van der Waals surface area contributed by atoms with Crippen molar-refractivity contribution in [2.45, 2.75) is 0 Å². The summed E-state index contributed by atoms with van der Waals surface area (Å²) in [5, 5.41) is 3.43. The summed E-state index contributed by atoms with van der Waals surface area (Å²) in [5.74, 6) is 0.918. The molecule has 0 aliphatic carbocycles. The van der Waals surface area contributed by atoms with Crippen molar-refractivity contribution >= 4 is 32.7 Å². The summed E-state index contributed by atoms with van der Waals surface area (Å²) in [7, 11) is 0. The van der Waals surface area contributed by atoms with Gasteiger partial charge in [-0.1, -0.05) is 188 Å². The standard InChI is InChI=1S/C56H37N3/c1-4-14-38(15-5-1)40-24-28-42(29-25-40)49-36-51-50(43-30-26-41(27-31-43)39-16-6-2-7-17-39)37-53(57-55(51)48-21-11-10-20-47(48)49)44-32-34-46(35-33-44)59-54-23-13-12-22-52(54)58-56(59)45-18-8-3-9-19-45/h1-37H. The normalized spacial score (nSPS) is 11.4. The number of fused-ring (bicyclic) bond motifs is 4. The molecule has 11 rings (SSSR count). The second-order valence-electron chi connectivity index (χ2n) is 15.0. The van der Waals surface area contributed by atoms with E-state index in [1.54, 1.807) is 0 Å². The number of nitrogens with zero attached hydrogens (tertiary/aromatic N) is 3. The van der Waals surface area contributed by atoms with Gasteiger partial charge in [-0.05, 0) is 86.3 Å². The predicted octanol–water partition coefficient (Wildman–Crippen LogP) is 14.7. The molecule has 3 nitrogen and oxygen atoms in total. The van der Waals surface area contributed by atoms with Crippen LogP contribution in [0.5, 0.6) is 0 Å². The van der Waals surface area contributed by atoms with Crippen molar-refractivity contribution in [2.24, 2.45) is 0 Å². The lowest BCUT2D eigenvalue weighted by Gasteiger charge is -2.17. The van der Waals surface area contributed by atoms with Crippen molar-refractivity contribution in [3.8, 4) is 72.8 Å². The SMILES string of the molecule is c1ccc(-c2ccc(-c3cc4c(-c5ccc(-c6ccccc6)cc5)cc(-c5ccc(-n6c(-c7ccccc7)nc7ccccc76)cc5)nc4c4ccccc34)cc2)cc1. The number of benzene rings is 9. The lowest BCUT2D eigenvalue weighted by Crippen LogP contribution is -1.98. The highest BCUT2D eigenvalue weighted by Crippen LogP contribution is 2.41. The van der Waals surface area contributed by atoms with Crippen LogP contribution in [0.25, 0.3) is 106 Å². The molecule has 0 aliphatic heterocycles. The summed E-state index contributed by atoms with van der Waals surface area (Å²) in [4.78, 5) is 10.6. The Morgan fingerprint density at radius 2 is 0.763 bits per heavy atom. The predicted molar refractivity (Wildman–Crippen MR) is 246 cm³/mol. The zero-order valence-corrected chi connectivity index (χ0v) is 32.2. The fraction of sp³-hybridized carbons (Fsp3) is 0. The average Bonchev–Trinajstić information content (AvgIpc) is 3.72. The summed E-state index contributed by atoms with van der Waals surface area (Å²) in [6, 6.07) is 79.9. The van der Waals surface area contributed by atoms with E-state index in [0.717, 1.165) is 66.8 Å². The number of hydrogen-bond acceptors (Lipinski definition) is 2. The molecule has 0 saturated carbocycles. The van der Waals surface area contributed by atoms with Crippen LogP contribution in [0.2, 0.25) is 0 Å². The van der Waals surface area contributed by atoms with Crippen LogP contribution in [-0.4, -0.2) is 14.5 Å². The molecule has 0 fully saturated rings. The zero-order chi connectivity index (χ0) is 39.1. The van der Waals surface area contributed by atoms with Gasteiger partial charge in [0.05, 0.1) is 22.2 Å². The molecule has 0 spiro atoms. The topological polar surface area (TPSA) is 30.7 Å². The molecule has 9 aromatic carbocycles. The Morgan fingerprint density at radius 1 is 0.305 bits per heavy atom. The van der Waals surface area contributed by atoms with Gasteiger partial charge >= 0.3 is 0 Å². The van der Waals surface area contributed by atoms with Crippen molar-refractivity contribution < 1.29 is 0 Å². The molecule has 2 heterocycles. The molecule has 0 N–H and O–H groups in total. The molecule has 0 aliphatic rings. The monoisotopic (exact) mass is 751 g/mol. The summed E-state index contributed by atoms with van der Waals surface area (Å²) >= 11 is 0. The number of hydrogen-bond donors (Lipinski definition) is 0. The summed E-state index contributed by atoms with van der Waals surface area (Å²) < 4.78 is 2.25. The van der Waals surface area contributed by atoms with Gasteiger partial charge in [0, 0.05) is 27.6 Å². The maximum absolute atomic E-state index is 5.50. The number of pyridine rings is 1. The largest absolute Gasteiger partial charge is 0.292 e. The van der Waals surface area contributed by atoms with Crippen LogP contribution < -0.4 is 0 Å². The number of para-hydroxylation sites is 2. The Morgan fingerprint density at radius 3 is 1.37 bits per heavy atom. The van der Waals surface area contributed by atoms with Crippen LogP contribution >= 0.6 is 0 Å². The first-order chi connectivity index (χ1) is 29.2. The molecule has 0 unspecified atom stereocenters. The minimum Gasteiger partial charge on any atom is -0.292 e. The molecule has 276 valence electrons. The first kappa shape index (κ1) is 34.4. The molecule has 3 heteroatoms. The van der Waals surface area contributed by atoms with Crippen LogP contribution in [0.4, 0.5) is 0 Å². The lowest BCUT2D eigenvalue weighted by atomic mass is 9.90. The van der Waals surface area contributed by atoms with Gasteiger partial charge in [-0.2, -0.15) is 0 Å². The molecule has 2 aromatic heterocycles. The highest BCUT2D eigenvalue weighted by Gasteiger charge is 2.18. The first-order valence-electron chi connectivity index (χ1n) is 20.1. The van der Waals surface area contributed by atoms with E-state index in [-0.39, 0.29) is 0 Å². The van der Waals surface area contributed by atoms with Gasteiger partial charge in [0.1, 0.15) is 5.82 Å². The minimum atomic E-state index is 0.918. The Labute approximate surface area is 343 Å². The van der Waals surface area contributed by atoms with Gasteiger partial charge in [-0.3, -0.25) is 4.57 Å². The van der Waals surface area contributed by atoms with E-state index in [0.29, 0.717) is 0 Å². The van der Waals surface area contributed by atoms with Crippen molar-refractivity contribution in [1.29, 1.82) is 0 Å². The summed E-state index contributed by atoms with van der Waals surface area (Å²) in [6.45, 7) is 0. The third kappa shape index (κ3) is 6.26. The fourth-order valence-corrected chi connectivity index (χ4v) is 8.47. The average molecular weight is 752 g/mol. The molecule has 0 atom stereocenters. The Kier molecular flexibility index (Phi) is 8.49. The third-order valence-corrected chi connectivity index (χ3v) is 11.4. The van der Waals surface area contributed by atoms with E-state index >= 15 is 0 Å². The van der Waals surface area contributed by atoms with Crippen molar-refractivity contribution in [3.63, 3.8) is 0 Å². The Bertz CT molecular complexity index is 3260. The highest BCUT2D eigenvalue weighted by molar-refractivity contribution is 6.16. The molecule has 0 radical (unpaired) electrons. The summed E-state index contributed by atoms with van der Waals surface area (Å²) in [5.41, 5.74) is 16.6. The first-order valence-corrected chi connectivity index (χ1v) is 20.1. The lowest BCUT2D eigenvalue weighted by molar-refractivity contribution is 1.10. The summed E-state index contributed by atoms with van der Waals surface area (Å²) in [6.07, 6.45) is 0. The van der Waals surface area contributed by atoms with Gasteiger partial charge in [-0.15, -0.1) is 0 Å². The van der Waals surface area contributed by atoms with Crippen molar-refractivity contribution in [1.82, 2.24) is 14.5 Å². The van der Waals surface area contributed by atoms with E-state index in [4.69, 9.17) is 9.97 Å².